The Kier molecular flexibility index (Phi) is 5.96. The maximum Gasteiger partial charge on any atom is 0.325 e. The Bertz CT molecular complexity index is 901. The number of hydrogen-bond acceptors (Lipinski definition) is 3. The minimum absolute atomic E-state index is 0.273. The highest BCUT2D eigenvalue weighted by molar-refractivity contribution is 6.09. The van der Waals surface area contributed by atoms with Crippen LogP contribution in [-0.4, -0.2) is 35.8 Å². The van der Waals surface area contributed by atoms with Gasteiger partial charge in [0.05, 0.1) is 0 Å². The molecule has 152 valence electrons. The average Bonchev–Trinajstić information content (AvgIpc) is 2.93. The van der Waals surface area contributed by atoms with Crippen molar-refractivity contribution in [3.8, 4) is 0 Å². The van der Waals surface area contributed by atoms with Gasteiger partial charge in [0, 0.05) is 6.54 Å². The van der Waals surface area contributed by atoms with Gasteiger partial charge in [-0.1, -0.05) is 49.4 Å². The first-order chi connectivity index (χ1) is 13.8. The fourth-order valence-electron chi connectivity index (χ4n) is 3.40. The molecule has 0 aliphatic carbocycles. The molecule has 2 N–H and O–H groups in total. The smallest absolute Gasteiger partial charge is 0.325 e. The molecule has 1 heterocycles. The van der Waals surface area contributed by atoms with Gasteiger partial charge in [-0.2, -0.15) is 0 Å². The maximum atomic E-state index is 13.2. The average molecular weight is 397 g/mol. The summed E-state index contributed by atoms with van der Waals surface area (Å²) >= 11 is 0. The van der Waals surface area contributed by atoms with E-state index in [1.165, 1.54) is 29.8 Å². The van der Waals surface area contributed by atoms with Crippen LogP contribution in [-0.2, 0) is 15.1 Å². The summed E-state index contributed by atoms with van der Waals surface area (Å²) in [5.41, 5.74) is 0.315. The van der Waals surface area contributed by atoms with Gasteiger partial charge in [-0.05, 0) is 42.5 Å². The standard InChI is InChI=1S/C22H24FN3O3/c1-15(16-6-4-3-5-7-16)12-13-24-19(27)14-26-20(28)22(2,25-21(26)29)17-8-10-18(23)11-9-17/h3-11,15H,12-14H2,1-2H3,(H,24,27)(H,25,29). The summed E-state index contributed by atoms with van der Waals surface area (Å²) < 4.78 is 13.2. The molecule has 0 saturated carbocycles. The number of nitrogens with one attached hydrogen (secondary N) is 2. The summed E-state index contributed by atoms with van der Waals surface area (Å²) in [5, 5.41) is 5.37. The minimum Gasteiger partial charge on any atom is -0.355 e. The van der Waals surface area contributed by atoms with E-state index in [2.05, 4.69) is 17.6 Å². The number of nitrogens with zero attached hydrogens (tertiary/aromatic N) is 1. The van der Waals surface area contributed by atoms with Crippen molar-refractivity contribution >= 4 is 17.8 Å². The Labute approximate surface area is 169 Å². The summed E-state index contributed by atoms with van der Waals surface area (Å²) in [5.74, 6) is -1.11. The third-order valence-electron chi connectivity index (χ3n) is 5.27. The van der Waals surface area contributed by atoms with E-state index in [1.54, 1.807) is 6.92 Å². The van der Waals surface area contributed by atoms with E-state index in [0.717, 1.165) is 11.3 Å². The summed E-state index contributed by atoms with van der Waals surface area (Å²) in [6, 6.07) is 14.7. The molecule has 0 bridgehead atoms. The van der Waals surface area contributed by atoms with Gasteiger partial charge in [0.25, 0.3) is 5.91 Å². The van der Waals surface area contributed by atoms with Crippen molar-refractivity contribution in [2.24, 2.45) is 0 Å². The second-order valence-corrected chi connectivity index (χ2v) is 7.40. The molecule has 1 fully saturated rings. The topological polar surface area (TPSA) is 78.5 Å². The molecular formula is C22H24FN3O3. The van der Waals surface area contributed by atoms with Gasteiger partial charge in [0.1, 0.15) is 17.9 Å². The van der Waals surface area contributed by atoms with Crippen molar-refractivity contribution in [2.75, 3.05) is 13.1 Å². The molecule has 0 aromatic heterocycles. The Balaban J connectivity index is 1.55. The molecule has 7 heteroatoms. The van der Waals surface area contributed by atoms with E-state index >= 15 is 0 Å². The van der Waals surface area contributed by atoms with Gasteiger partial charge in [-0.25, -0.2) is 9.18 Å². The zero-order chi connectivity index (χ0) is 21.0. The van der Waals surface area contributed by atoms with Crippen LogP contribution in [0, 0.1) is 5.82 Å². The van der Waals surface area contributed by atoms with Gasteiger partial charge in [0.2, 0.25) is 5.91 Å². The highest BCUT2D eigenvalue weighted by atomic mass is 19.1. The molecule has 2 aromatic carbocycles. The number of amides is 4. The highest BCUT2D eigenvalue weighted by Crippen LogP contribution is 2.28. The van der Waals surface area contributed by atoms with Crippen molar-refractivity contribution in [3.63, 3.8) is 0 Å². The van der Waals surface area contributed by atoms with Crippen LogP contribution in [0.25, 0.3) is 0 Å². The Hall–Kier alpha value is -3.22. The lowest BCUT2D eigenvalue weighted by Crippen LogP contribution is -2.43. The van der Waals surface area contributed by atoms with Gasteiger partial charge in [-0.3, -0.25) is 14.5 Å². The molecule has 1 saturated heterocycles. The number of halogens is 1. The SMILES string of the molecule is CC(CCNC(=O)CN1C(=O)NC(C)(c2ccc(F)cc2)C1=O)c1ccccc1. The van der Waals surface area contributed by atoms with E-state index in [9.17, 15) is 18.8 Å². The third-order valence-corrected chi connectivity index (χ3v) is 5.27. The molecule has 2 unspecified atom stereocenters. The van der Waals surface area contributed by atoms with Crippen LogP contribution in [0.1, 0.15) is 37.3 Å². The minimum atomic E-state index is -1.33. The van der Waals surface area contributed by atoms with Crippen LogP contribution in [0.2, 0.25) is 0 Å². The molecule has 0 spiro atoms. The van der Waals surface area contributed by atoms with Gasteiger partial charge < -0.3 is 10.6 Å². The lowest BCUT2D eigenvalue weighted by atomic mass is 9.92. The van der Waals surface area contributed by atoms with Crippen molar-refractivity contribution in [2.45, 2.75) is 31.7 Å². The lowest BCUT2D eigenvalue weighted by molar-refractivity contribution is -0.134. The quantitative estimate of drug-likeness (QED) is 0.705. The maximum absolute atomic E-state index is 13.2. The second-order valence-electron chi connectivity index (χ2n) is 7.40. The number of carbonyl (C=O) groups excluding carboxylic acids is 3. The van der Waals surface area contributed by atoms with Gasteiger partial charge in [-0.15, -0.1) is 0 Å². The number of urea groups is 1. The molecule has 2 aromatic rings. The van der Waals surface area contributed by atoms with E-state index in [1.807, 2.05) is 30.3 Å². The Morgan fingerprint density at radius 2 is 1.79 bits per heavy atom. The second kappa shape index (κ2) is 8.43. The van der Waals surface area contributed by atoms with Crippen LogP contribution < -0.4 is 10.6 Å². The molecule has 2 atom stereocenters. The molecule has 4 amide bonds. The molecule has 6 nitrogen and oxygen atoms in total. The number of carbonyl (C=O) groups is 3. The van der Waals surface area contributed by atoms with E-state index in [0.29, 0.717) is 12.1 Å². The Morgan fingerprint density at radius 3 is 2.45 bits per heavy atom. The molecule has 1 aliphatic heterocycles. The number of rotatable bonds is 7. The van der Waals surface area contributed by atoms with Crippen LogP contribution in [0.5, 0.6) is 0 Å². The number of imide groups is 1. The lowest BCUT2D eigenvalue weighted by Gasteiger charge is -2.22. The summed E-state index contributed by atoms with van der Waals surface area (Å²) in [6.07, 6.45) is 0.739. The molecule has 0 radical (unpaired) electrons. The largest absolute Gasteiger partial charge is 0.355 e. The summed E-state index contributed by atoms with van der Waals surface area (Å²) in [6.45, 7) is 3.70. The van der Waals surface area contributed by atoms with Gasteiger partial charge >= 0.3 is 6.03 Å². The van der Waals surface area contributed by atoms with Crippen LogP contribution in [0.4, 0.5) is 9.18 Å². The van der Waals surface area contributed by atoms with E-state index < -0.39 is 29.2 Å². The van der Waals surface area contributed by atoms with Crippen molar-refractivity contribution < 1.29 is 18.8 Å². The zero-order valence-corrected chi connectivity index (χ0v) is 16.4. The first kappa shape index (κ1) is 20.5. The number of hydrogen-bond donors (Lipinski definition) is 2. The predicted molar refractivity (Wildman–Crippen MR) is 106 cm³/mol. The third kappa shape index (κ3) is 4.45. The normalized spacial score (nSPS) is 19.8. The molecule has 1 aliphatic rings. The predicted octanol–water partition coefficient (Wildman–Crippen LogP) is 2.90. The van der Waals surface area contributed by atoms with Crippen LogP contribution in [0.15, 0.2) is 54.6 Å². The van der Waals surface area contributed by atoms with E-state index in [-0.39, 0.29) is 12.5 Å². The van der Waals surface area contributed by atoms with E-state index in [4.69, 9.17) is 0 Å². The van der Waals surface area contributed by atoms with Gasteiger partial charge in [0.15, 0.2) is 0 Å². The molecular weight excluding hydrogens is 373 g/mol. The monoisotopic (exact) mass is 397 g/mol. The number of benzene rings is 2. The summed E-state index contributed by atoms with van der Waals surface area (Å²) in [4.78, 5) is 38.2. The first-order valence-corrected chi connectivity index (χ1v) is 9.53. The van der Waals surface area contributed by atoms with Crippen molar-refractivity contribution in [3.05, 3.63) is 71.5 Å². The highest BCUT2D eigenvalue weighted by Gasteiger charge is 2.49. The van der Waals surface area contributed by atoms with Crippen LogP contribution >= 0.6 is 0 Å². The molecule has 3 rings (SSSR count). The molecule has 29 heavy (non-hydrogen) atoms. The van der Waals surface area contributed by atoms with Crippen molar-refractivity contribution in [1.82, 2.24) is 15.5 Å². The zero-order valence-electron chi connectivity index (χ0n) is 16.4. The van der Waals surface area contributed by atoms with Crippen molar-refractivity contribution in [1.29, 1.82) is 0 Å². The Morgan fingerprint density at radius 1 is 1.14 bits per heavy atom. The fraction of sp³-hybridized carbons (Fsp3) is 0.318. The first-order valence-electron chi connectivity index (χ1n) is 9.53. The fourth-order valence-corrected chi connectivity index (χ4v) is 3.40. The summed E-state index contributed by atoms with van der Waals surface area (Å²) in [7, 11) is 0. The van der Waals surface area contributed by atoms with Crippen LogP contribution in [0.3, 0.4) is 0 Å².